The van der Waals surface area contributed by atoms with Crippen molar-refractivity contribution in [1.29, 1.82) is 0 Å². The Kier molecular flexibility index (Phi) is 6.66. The summed E-state index contributed by atoms with van der Waals surface area (Å²) in [5.41, 5.74) is 3.55. The van der Waals surface area contributed by atoms with E-state index in [1.807, 2.05) is 48.5 Å². The summed E-state index contributed by atoms with van der Waals surface area (Å²) in [6.07, 6.45) is 3.39. The van der Waals surface area contributed by atoms with Crippen LogP contribution in [0.25, 0.3) is 0 Å². The first-order valence-electron chi connectivity index (χ1n) is 9.32. The number of nitrogens with zero attached hydrogens (tertiary/aromatic N) is 2. The minimum atomic E-state index is -0.169. The highest BCUT2D eigenvalue weighted by Gasteiger charge is 2.15. The molecule has 0 fully saturated rings. The minimum absolute atomic E-state index is 0.169. The van der Waals surface area contributed by atoms with Crippen molar-refractivity contribution >= 4 is 23.2 Å². The summed E-state index contributed by atoms with van der Waals surface area (Å²) < 4.78 is 0. The molecule has 0 aliphatic rings. The van der Waals surface area contributed by atoms with Gasteiger partial charge in [-0.15, -0.1) is 0 Å². The van der Waals surface area contributed by atoms with E-state index in [2.05, 4.69) is 41.2 Å². The van der Waals surface area contributed by atoms with Gasteiger partial charge in [0.15, 0.2) is 0 Å². The third-order valence-electron chi connectivity index (χ3n) is 4.53. The number of benzene rings is 2. The molecule has 5 heteroatoms. The van der Waals surface area contributed by atoms with Crippen LogP contribution >= 0.6 is 11.6 Å². The molecule has 0 saturated heterocycles. The molecular weight excluding hydrogens is 370 g/mol. The number of pyridine rings is 1. The molecule has 0 saturated carbocycles. The summed E-state index contributed by atoms with van der Waals surface area (Å²) in [5, 5.41) is 3.56. The van der Waals surface area contributed by atoms with Crippen molar-refractivity contribution in [2.24, 2.45) is 0 Å². The predicted octanol–water partition coefficient (Wildman–Crippen LogP) is 5.08. The van der Waals surface area contributed by atoms with Crippen LogP contribution in [0.3, 0.4) is 0 Å². The van der Waals surface area contributed by atoms with Crippen LogP contribution in [0.15, 0.2) is 73.1 Å². The summed E-state index contributed by atoms with van der Waals surface area (Å²) in [6.45, 7) is 5.39. The molecule has 1 heterocycles. The summed E-state index contributed by atoms with van der Waals surface area (Å²) in [7, 11) is 0. The minimum Gasteiger partial charge on any atom is -0.364 e. The largest absolute Gasteiger partial charge is 0.364 e. The maximum absolute atomic E-state index is 12.6. The molecule has 28 heavy (non-hydrogen) atoms. The molecule has 0 radical (unpaired) electrons. The van der Waals surface area contributed by atoms with E-state index < -0.39 is 0 Å². The number of anilines is 1. The number of carbonyl (C=O) groups is 1. The second kappa shape index (κ2) is 9.38. The number of nitrogens with one attached hydrogen (secondary N) is 1. The standard InChI is InChI=1S/C23H24ClN3O/c1-17(2)27(16-18-8-4-3-5-9-18)21-12-20(13-25-15-21)23(28)26-14-19-10-6-7-11-22(19)24/h3-13,15,17H,14,16H2,1-2H3,(H,26,28). The fourth-order valence-electron chi connectivity index (χ4n) is 2.98. The van der Waals surface area contributed by atoms with Gasteiger partial charge in [-0.3, -0.25) is 9.78 Å². The van der Waals surface area contributed by atoms with E-state index in [0.29, 0.717) is 17.1 Å². The molecule has 0 bridgehead atoms. The maximum Gasteiger partial charge on any atom is 0.253 e. The molecule has 1 amide bonds. The molecule has 4 nitrogen and oxygen atoms in total. The van der Waals surface area contributed by atoms with Crippen molar-refractivity contribution in [3.63, 3.8) is 0 Å². The zero-order valence-electron chi connectivity index (χ0n) is 16.1. The first-order chi connectivity index (χ1) is 13.5. The van der Waals surface area contributed by atoms with Crippen LogP contribution in [0.1, 0.15) is 35.3 Å². The lowest BCUT2D eigenvalue weighted by atomic mass is 10.1. The van der Waals surface area contributed by atoms with Crippen molar-refractivity contribution in [2.45, 2.75) is 33.0 Å². The zero-order chi connectivity index (χ0) is 19.9. The van der Waals surface area contributed by atoms with Gasteiger partial charge in [0.05, 0.1) is 17.4 Å². The number of hydrogen-bond acceptors (Lipinski definition) is 3. The van der Waals surface area contributed by atoms with Crippen LogP contribution in [0.4, 0.5) is 5.69 Å². The van der Waals surface area contributed by atoms with Gasteiger partial charge in [-0.25, -0.2) is 0 Å². The molecule has 3 aromatic rings. The molecule has 0 atom stereocenters. The van der Waals surface area contributed by atoms with Gasteiger partial charge in [-0.05, 0) is 37.1 Å². The van der Waals surface area contributed by atoms with Gasteiger partial charge in [0.1, 0.15) is 0 Å². The fourth-order valence-corrected chi connectivity index (χ4v) is 3.18. The molecule has 1 N–H and O–H groups in total. The van der Waals surface area contributed by atoms with Crippen LogP contribution in [0.5, 0.6) is 0 Å². The topological polar surface area (TPSA) is 45.2 Å². The Labute approximate surface area is 171 Å². The van der Waals surface area contributed by atoms with Crippen LogP contribution in [-0.2, 0) is 13.1 Å². The molecule has 144 valence electrons. The lowest BCUT2D eigenvalue weighted by Crippen LogP contribution is -2.31. The molecule has 0 spiro atoms. The Morgan fingerprint density at radius 3 is 2.50 bits per heavy atom. The second-order valence-electron chi connectivity index (χ2n) is 6.91. The zero-order valence-corrected chi connectivity index (χ0v) is 16.9. The number of halogens is 1. The van der Waals surface area contributed by atoms with Gasteiger partial charge in [0.25, 0.3) is 5.91 Å². The summed E-state index contributed by atoms with van der Waals surface area (Å²) in [6, 6.07) is 19.9. The Morgan fingerprint density at radius 1 is 1.07 bits per heavy atom. The SMILES string of the molecule is CC(C)N(Cc1ccccc1)c1cncc(C(=O)NCc2ccccc2Cl)c1. The quantitative estimate of drug-likeness (QED) is 0.608. The molecule has 0 aliphatic carbocycles. The monoisotopic (exact) mass is 393 g/mol. The van der Waals surface area contributed by atoms with E-state index in [9.17, 15) is 4.79 Å². The van der Waals surface area contributed by atoms with Crippen LogP contribution < -0.4 is 10.2 Å². The van der Waals surface area contributed by atoms with Crippen molar-refractivity contribution in [3.05, 3.63) is 94.8 Å². The van der Waals surface area contributed by atoms with Crippen molar-refractivity contribution in [1.82, 2.24) is 10.3 Å². The lowest BCUT2D eigenvalue weighted by Gasteiger charge is -2.29. The van der Waals surface area contributed by atoms with Gasteiger partial charge in [0, 0.05) is 30.4 Å². The Balaban J connectivity index is 1.74. The maximum atomic E-state index is 12.6. The third-order valence-corrected chi connectivity index (χ3v) is 4.90. The molecule has 0 unspecified atom stereocenters. The third kappa shape index (κ3) is 5.11. The summed E-state index contributed by atoms with van der Waals surface area (Å²) in [5.74, 6) is -0.169. The number of aromatic nitrogens is 1. The number of carbonyl (C=O) groups excluding carboxylic acids is 1. The predicted molar refractivity (Wildman–Crippen MR) is 115 cm³/mol. The van der Waals surface area contributed by atoms with Gasteiger partial charge in [-0.1, -0.05) is 60.1 Å². The van der Waals surface area contributed by atoms with Gasteiger partial charge in [0.2, 0.25) is 0 Å². The van der Waals surface area contributed by atoms with Crippen molar-refractivity contribution in [3.8, 4) is 0 Å². The second-order valence-corrected chi connectivity index (χ2v) is 7.32. The highest BCUT2D eigenvalue weighted by atomic mass is 35.5. The number of hydrogen-bond donors (Lipinski definition) is 1. The highest BCUT2D eigenvalue weighted by molar-refractivity contribution is 6.31. The molecule has 2 aromatic carbocycles. The average molecular weight is 394 g/mol. The van der Waals surface area contributed by atoms with Gasteiger partial charge >= 0.3 is 0 Å². The van der Waals surface area contributed by atoms with E-state index in [1.54, 1.807) is 12.4 Å². The smallest absolute Gasteiger partial charge is 0.253 e. The lowest BCUT2D eigenvalue weighted by molar-refractivity contribution is 0.0950. The van der Waals surface area contributed by atoms with E-state index in [1.165, 1.54) is 5.56 Å². The van der Waals surface area contributed by atoms with E-state index in [-0.39, 0.29) is 11.9 Å². The molecule has 0 aliphatic heterocycles. The van der Waals surface area contributed by atoms with E-state index in [4.69, 9.17) is 11.6 Å². The average Bonchev–Trinajstić information content (AvgIpc) is 2.72. The number of amides is 1. The van der Waals surface area contributed by atoms with Crippen molar-refractivity contribution < 1.29 is 4.79 Å². The Hall–Kier alpha value is -2.85. The van der Waals surface area contributed by atoms with Crippen LogP contribution in [0, 0.1) is 0 Å². The fraction of sp³-hybridized carbons (Fsp3) is 0.217. The van der Waals surface area contributed by atoms with Crippen LogP contribution in [0.2, 0.25) is 5.02 Å². The van der Waals surface area contributed by atoms with Gasteiger partial charge < -0.3 is 10.2 Å². The molecule has 1 aromatic heterocycles. The summed E-state index contributed by atoms with van der Waals surface area (Å²) >= 11 is 6.16. The normalized spacial score (nSPS) is 10.7. The first-order valence-corrected chi connectivity index (χ1v) is 9.69. The summed E-state index contributed by atoms with van der Waals surface area (Å²) in [4.78, 5) is 19.1. The van der Waals surface area contributed by atoms with Crippen molar-refractivity contribution in [2.75, 3.05) is 4.90 Å². The van der Waals surface area contributed by atoms with E-state index >= 15 is 0 Å². The van der Waals surface area contributed by atoms with E-state index in [0.717, 1.165) is 17.8 Å². The first kappa shape index (κ1) is 19.9. The highest BCUT2D eigenvalue weighted by Crippen LogP contribution is 2.21. The molecule has 3 rings (SSSR count). The number of rotatable bonds is 7. The van der Waals surface area contributed by atoms with Gasteiger partial charge in [-0.2, -0.15) is 0 Å². The Bertz CT molecular complexity index is 928. The van der Waals surface area contributed by atoms with Crippen LogP contribution in [-0.4, -0.2) is 16.9 Å². The molecular formula is C23H24ClN3O. The Morgan fingerprint density at radius 2 is 1.79 bits per heavy atom.